The van der Waals surface area contributed by atoms with E-state index in [4.69, 9.17) is 5.73 Å². The second-order valence-electron chi connectivity index (χ2n) is 3.97. The highest BCUT2D eigenvalue weighted by molar-refractivity contribution is 7.90. The molecule has 0 saturated heterocycles. The van der Waals surface area contributed by atoms with Crippen LogP contribution in [0.25, 0.3) is 0 Å². The van der Waals surface area contributed by atoms with Crippen LogP contribution in [0.1, 0.15) is 18.2 Å². The third-order valence-electron chi connectivity index (χ3n) is 2.07. The van der Waals surface area contributed by atoms with E-state index in [1.165, 1.54) is 17.6 Å². The molecule has 0 bridgehead atoms. The molecule has 0 aliphatic rings. The Morgan fingerprint density at radius 2 is 2.19 bits per heavy atom. The van der Waals surface area contributed by atoms with Crippen molar-refractivity contribution in [2.24, 2.45) is 5.73 Å². The number of nitrogens with zero attached hydrogens (tertiary/aromatic N) is 2. The predicted molar refractivity (Wildman–Crippen MR) is 67.7 cm³/mol. The lowest BCUT2D eigenvalue weighted by molar-refractivity contribution is 0.590. The van der Waals surface area contributed by atoms with Gasteiger partial charge in [-0.2, -0.15) is 0 Å². The number of rotatable bonds is 5. The number of sulfone groups is 1. The molecule has 0 fully saturated rings. The van der Waals surface area contributed by atoms with Crippen LogP contribution in [0, 0.1) is 0 Å². The van der Waals surface area contributed by atoms with Crippen molar-refractivity contribution in [3.05, 3.63) is 11.1 Å². The molecular weight excluding hydrogens is 246 g/mol. The van der Waals surface area contributed by atoms with Crippen molar-refractivity contribution in [3.8, 4) is 0 Å². The average molecular weight is 263 g/mol. The van der Waals surface area contributed by atoms with E-state index in [0.717, 1.165) is 10.8 Å². The van der Waals surface area contributed by atoms with Crippen molar-refractivity contribution >= 4 is 26.3 Å². The van der Waals surface area contributed by atoms with E-state index in [1.54, 1.807) is 0 Å². The topological polar surface area (TPSA) is 76.3 Å². The van der Waals surface area contributed by atoms with Crippen molar-refractivity contribution in [2.75, 3.05) is 31.0 Å². The Bertz CT molecular complexity index is 439. The monoisotopic (exact) mass is 263 g/mol. The largest absolute Gasteiger partial charge is 0.354 e. The van der Waals surface area contributed by atoms with E-state index in [9.17, 15) is 8.42 Å². The molecule has 7 heteroatoms. The van der Waals surface area contributed by atoms with Gasteiger partial charge < -0.3 is 10.6 Å². The lowest BCUT2D eigenvalue weighted by atomic mass is 10.2. The van der Waals surface area contributed by atoms with E-state index in [-0.39, 0.29) is 11.8 Å². The second-order valence-corrected chi connectivity index (χ2v) is 7.07. The molecule has 1 aromatic rings. The molecule has 0 saturated carbocycles. The van der Waals surface area contributed by atoms with Crippen molar-refractivity contribution in [1.82, 2.24) is 4.98 Å². The minimum Gasteiger partial charge on any atom is -0.354 e. The summed E-state index contributed by atoms with van der Waals surface area (Å²) in [7, 11) is 0.863. The Morgan fingerprint density at radius 1 is 1.56 bits per heavy atom. The van der Waals surface area contributed by atoms with E-state index in [1.807, 2.05) is 24.4 Å². The zero-order valence-corrected chi connectivity index (χ0v) is 11.3. The van der Waals surface area contributed by atoms with Gasteiger partial charge in [0, 0.05) is 31.8 Å². The number of nitrogens with two attached hydrogens (primary N) is 1. The van der Waals surface area contributed by atoms with Gasteiger partial charge in [0.25, 0.3) is 0 Å². The van der Waals surface area contributed by atoms with Crippen molar-refractivity contribution in [1.29, 1.82) is 0 Å². The fourth-order valence-electron chi connectivity index (χ4n) is 1.14. The minimum absolute atomic E-state index is 0.100. The van der Waals surface area contributed by atoms with E-state index in [0.29, 0.717) is 6.42 Å². The smallest absolute Gasteiger partial charge is 0.185 e. The van der Waals surface area contributed by atoms with Gasteiger partial charge in [0.1, 0.15) is 9.84 Å². The van der Waals surface area contributed by atoms with Crippen LogP contribution >= 0.6 is 11.3 Å². The van der Waals surface area contributed by atoms with E-state index >= 15 is 0 Å². The second kappa shape index (κ2) is 5.11. The normalized spacial score (nSPS) is 13.8. The van der Waals surface area contributed by atoms with Crippen molar-refractivity contribution in [3.63, 3.8) is 0 Å². The molecule has 0 aromatic carbocycles. The standard InChI is InChI=1S/C9H17N3O2S2/c1-12(2)9-11-8(6-15-9)7(10)4-5-16(3,13)14/h6-7H,4-5,10H2,1-3H3. The molecule has 92 valence electrons. The number of hydrogen-bond acceptors (Lipinski definition) is 6. The SMILES string of the molecule is CN(C)c1nc(C(N)CCS(C)(=O)=O)cs1. The van der Waals surface area contributed by atoms with Gasteiger partial charge in [0.15, 0.2) is 5.13 Å². The molecule has 0 amide bonds. The molecule has 0 aliphatic carbocycles. The third kappa shape index (κ3) is 4.07. The fourth-order valence-corrected chi connectivity index (χ4v) is 2.65. The van der Waals surface area contributed by atoms with Gasteiger partial charge in [-0.25, -0.2) is 13.4 Å². The average Bonchev–Trinajstić information content (AvgIpc) is 2.61. The molecular formula is C9H17N3O2S2. The lowest BCUT2D eigenvalue weighted by Gasteiger charge is -2.09. The van der Waals surface area contributed by atoms with E-state index < -0.39 is 9.84 Å². The van der Waals surface area contributed by atoms with Gasteiger partial charge in [-0.3, -0.25) is 0 Å². The summed E-state index contributed by atoms with van der Waals surface area (Å²) >= 11 is 1.50. The van der Waals surface area contributed by atoms with Crippen LogP contribution in [0.5, 0.6) is 0 Å². The van der Waals surface area contributed by atoms with Crippen LogP contribution in [0.3, 0.4) is 0 Å². The van der Waals surface area contributed by atoms with Crippen LogP contribution in [-0.4, -0.2) is 39.5 Å². The predicted octanol–water partition coefficient (Wildman–Crippen LogP) is 0.644. The summed E-state index contributed by atoms with van der Waals surface area (Å²) < 4.78 is 22.0. The van der Waals surface area contributed by atoms with Gasteiger partial charge in [-0.05, 0) is 6.42 Å². The first-order valence-electron chi connectivity index (χ1n) is 4.85. The molecule has 1 heterocycles. The van der Waals surface area contributed by atoms with Gasteiger partial charge >= 0.3 is 0 Å². The highest BCUT2D eigenvalue weighted by atomic mass is 32.2. The molecule has 0 spiro atoms. The summed E-state index contributed by atoms with van der Waals surface area (Å²) in [6, 6.07) is -0.306. The molecule has 1 rings (SSSR count). The van der Waals surface area contributed by atoms with Crippen molar-refractivity contribution in [2.45, 2.75) is 12.5 Å². The van der Waals surface area contributed by atoms with Gasteiger partial charge in [0.05, 0.1) is 11.4 Å². The summed E-state index contributed by atoms with van der Waals surface area (Å²) in [5.74, 6) is 0.100. The van der Waals surface area contributed by atoms with Gasteiger partial charge in [-0.15, -0.1) is 11.3 Å². The molecule has 1 aromatic heterocycles. The van der Waals surface area contributed by atoms with Crippen LogP contribution < -0.4 is 10.6 Å². The fraction of sp³-hybridized carbons (Fsp3) is 0.667. The molecule has 2 N–H and O–H groups in total. The zero-order chi connectivity index (χ0) is 12.3. The third-order valence-corrected chi connectivity index (χ3v) is 4.08. The maximum atomic E-state index is 11.0. The number of aromatic nitrogens is 1. The summed E-state index contributed by atoms with van der Waals surface area (Å²) in [4.78, 5) is 6.24. The molecule has 1 unspecified atom stereocenters. The number of anilines is 1. The Kier molecular flexibility index (Phi) is 4.28. The van der Waals surface area contributed by atoms with Crippen LogP contribution in [0.2, 0.25) is 0 Å². The Balaban J connectivity index is 2.63. The first-order valence-corrected chi connectivity index (χ1v) is 7.79. The quantitative estimate of drug-likeness (QED) is 0.844. The van der Waals surface area contributed by atoms with Gasteiger partial charge in [0.2, 0.25) is 0 Å². The summed E-state index contributed by atoms with van der Waals surface area (Å²) in [5.41, 5.74) is 6.64. The number of hydrogen-bond donors (Lipinski definition) is 1. The molecule has 0 aliphatic heterocycles. The van der Waals surface area contributed by atoms with E-state index in [2.05, 4.69) is 4.98 Å². The van der Waals surface area contributed by atoms with Crippen molar-refractivity contribution < 1.29 is 8.42 Å². The molecule has 1 atom stereocenters. The van der Waals surface area contributed by atoms with Crippen LogP contribution in [-0.2, 0) is 9.84 Å². The molecule has 0 radical (unpaired) electrons. The first-order chi connectivity index (χ1) is 7.29. The highest BCUT2D eigenvalue weighted by Gasteiger charge is 2.13. The zero-order valence-electron chi connectivity index (χ0n) is 9.67. The highest BCUT2D eigenvalue weighted by Crippen LogP contribution is 2.23. The minimum atomic E-state index is -2.95. The maximum Gasteiger partial charge on any atom is 0.185 e. The first kappa shape index (κ1) is 13.4. The van der Waals surface area contributed by atoms with Crippen LogP contribution in [0.4, 0.5) is 5.13 Å². The summed E-state index contributed by atoms with van der Waals surface area (Å²) in [6.07, 6.45) is 1.63. The van der Waals surface area contributed by atoms with Gasteiger partial charge in [-0.1, -0.05) is 0 Å². The van der Waals surface area contributed by atoms with Crippen LogP contribution in [0.15, 0.2) is 5.38 Å². The molecule has 5 nitrogen and oxygen atoms in total. The lowest BCUT2D eigenvalue weighted by Crippen LogP contribution is -2.16. The Labute approximate surface area is 100 Å². The Morgan fingerprint density at radius 3 is 2.62 bits per heavy atom. The molecule has 16 heavy (non-hydrogen) atoms. The summed E-state index contributed by atoms with van der Waals surface area (Å²) in [5, 5.41) is 2.76. The Hall–Kier alpha value is -0.660. The summed E-state index contributed by atoms with van der Waals surface area (Å²) in [6.45, 7) is 0. The number of thiazole rings is 1. The maximum absolute atomic E-state index is 11.0.